The summed E-state index contributed by atoms with van der Waals surface area (Å²) in [5, 5.41) is 25.3. The molecule has 0 unspecified atom stereocenters. The molecule has 1 heterocycles. The smallest absolute Gasteiger partial charge is 0.118 e. The summed E-state index contributed by atoms with van der Waals surface area (Å²) in [6.45, 7) is 4.21. The van der Waals surface area contributed by atoms with Crippen LogP contribution in [0.2, 0.25) is 0 Å². The van der Waals surface area contributed by atoms with Crippen LogP contribution in [0.15, 0.2) is 36.4 Å². The molecule has 5 rings (SSSR count). The molecule has 3 aromatic carbocycles. The van der Waals surface area contributed by atoms with Crippen LogP contribution < -0.4 is 0 Å². The third kappa shape index (κ3) is 1.70. The SMILES string of the molecule is Cc1ccc2cc(C)c3c4c(ccc3c2c1)[C@H](O)[C@@H](O)[C@H]1O[C@@H]41. The number of ether oxygens (including phenoxy) is 1. The van der Waals surface area contributed by atoms with Crippen molar-refractivity contribution in [2.45, 2.75) is 38.3 Å². The Labute approximate surface area is 134 Å². The van der Waals surface area contributed by atoms with Crippen molar-refractivity contribution in [3.63, 3.8) is 0 Å². The first-order chi connectivity index (χ1) is 11.1. The molecular formula is C20H18O3. The van der Waals surface area contributed by atoms with Crippen molar-refractivity contribution in [1.29, 1.82) is 0 Å². The number of aryl methyl sites for hydroxylation is 2. The fourth-order valence-electron chi connectivity index (χ4n) is 4.16. The molecule has 0 radical (unpaired) electrons. The minimum Gasteiger partial charge on any atom is -0.387 e. The number of epoxide rings is 1. The first-order valence-corrected chi connectivity index (χ1v) is 8.04. The summed E-state index contributed by atoms with van der Waals surface area (Å²) in [6.07, 6.45) is -2.05. The summed E-state index contributed by atoms with van der Waals surface area (Å²) in [5.74, 6) is 0. The number of hydrogen-bond acceptors (Lipinski definition) is 3. The van der Waals surface area contributed by atoms with Crippen LogP contribution in [0.4, 0.5) is 0 Å². The second kappa shape index (κ2) is 4.32. The van der Waals surface area contributed by atoms with Gasteiger partial charge < -0.3 is 14.9 Å². The summed E-state index contributed by atoms with van der Waals surface area (Å²) < 4.78 is 5.68. The first-order valence-electron chi connectivity index (χ1n) is 8.04. The number of benzene rings is 3. The van der Waals surface area contributed by atoms with E-state index in [0.717, 1.165) is 11.1 Å². The van der Waals surface area contributed by atoms with Gasteiger partial charge in [-0.15, -0.1) is 0 Å². The lowest BCUT2D eigenvalue weighted by molar-refractivity contribution is 0.000104. The highest BCUT2D eigenvalue weighted by atomic mass is 16.6. The Morgan fingerprint density at radius 2 is 1.78 bits per heavy atom. The van der Waals surface area contributed by atoms with Gasteiger partial charge in [-0.05, 0) is 52.1 Å². The zero-order valence-electron chi connectivity index (χ0n) is 13.1. The van der Waals surface area contributed by atoms with Gasteiger partial charge in [0.1, 0.15) is 24.4 Å². The molecule has 2 N–H and O–H groups in total. The standard InChI is InChI=1S/C20H18O3/c1-9-3-4-11-8-10(2)15-12(14(11)7-9)5-6-13-16(15)19-20(23-19)18(22)17(13)21/h3-8,17-22H,1-2H3/t17-,18+,19-,20+/m0/s1. The Bertz CT molecular complexity index is 976. The number of aliphatic hydroxyl groups excluding tert-OH is 2. The fourth-order valence-corrected chi connectivity index (χ4v) is 4.16. The topological polar surface area (TPSA) is 53.0 Å². The van der Waals surface area contributed by atoms with E-state index >= 15 is 0 Å². The molecule has 23 heavy (non-hydrogen) atoms. The highest BCUT2D eigenvalue weighted by Crippen LogP contribution is 2.53. The summed E-state index contributed by atoms with van der Waals surface area (Å²) in [7, 11) is 0. The minimum atomic E-state index is -0.870. The highest BCUT2D eigenvalue weighted by Gasteiger charge is 2.54. The van der Waals surface area contributed by atoms with Crippen LogP contribution in [0.5, 0.6) is 0 Å². The zero-order valence-corrected chi connectivity index (χ0v) is 13.1. The van der Waals surface area contributed by atoms with Gasteiger partial charge in [0.05, 0.1) is 0 Å². The first kappa shape index (κ1) is 13.5. The van der Waals surface area contributed by atoms with Crippen LogP contribution in [-0.2, 0) is 4.74 Å². The summed E-state index contributed by atoms with van der Waals surface area (Å²) in [5.41, 5.74) is 4.28. The molecule has 3 aromatic rings. The second-order valence-electron chi connectivity index (χ2n) is 6.87. The van der Waals surface area contributed by atoms with E-state index in [1.54, 1.807) is 0 Å². The molecule has 1 aliphatic heterocycles. The average Bonchev–Trinajstić information content (AvgIpc) is 3.33. The summed E-state index contributed by atoms with van der Waals surface area (Å²) in [4.78, 5) is 0. The van der Waals surface area contributed by atoms with Gasteiger partial charge in [-0.2, -0.15) is 0 Å². The van der Waals surface area contributed by atoms with Crippen LogP contribution in [0.3, 0.4) is 0 Å². The van der Waals surface area contributed by atoms with E-state index in [0.29, 0.717) is 0 Å². The van der Waals surface area contributed by atoms with Gasteiger partial charge in [0.15, 0.2) is 0 Å². The van der Waals surface area contributed by atoms with Gasteiger partial charge in [0.2, 0.25) is 0 Å². The molecular weight excluding hydrogens is 288 g/mol. The van der Waals surface area contributed by atoms with Crippen molar-refractivity contribution in [3.05, 3.63) is 58.7 Å². The Kier molecular flexibility index (Phi) is 2.54. The van der Waals surface area contributed by atoms with Crippen molar-refractivity contribution in [2.75, 3.05) is 0 Å². The van der Waals surface area contributed by atoms with Crippen molar-refractivity contribution in [1.82, 2.24) is 0 Å². The number of rotatable bonds is 0. The monoisotopic (exact) mass is 306 g/mol. The van der Waals surface area contributed by atoms with Gasteiger partial charge in [-0.1, -0.05) is 42.0 Å². The van der Waals surface area contributed by atoms with E-state index < -0.39 is 12.2 Å². The third-order valence-electron chi connectivity index (χ3n) is 5.33. The van der Waals surface area contributed by atoms with E-state index in [-0.39, 0.29) is 12.2 Å². The summed E-state index contributed by atoms with van der Waals surface area (Å²) in [6, 6.07) is 12.7. The van der Waals surface area contributed by atoms with Gasteiger partial charge in [-0.25, -0.2) is 0 Å². The van der Waals surface area contributed by atoms with Gasteiger partial charge in [0.25, 0.3) is 0 Å². The van der Waals surface area contributed by atoms with Gasteiger partial charge in [-0.3, -0.25) is 0 Å². The average molecular weight is 306 g/mol. The maximum Gasteiger partial charge on any atom is 0.118 e. The number of fused-ring (bicyclic) bond motifs is 7. The van der Waals surface area contributed by atoms with Gasteiger partial charge in [0, 0.05) is 0 Å². The maximum atomic E-state index is 10.4. The minimum absolute atomic E-state index is 0.0898. The van der Waals surface area contributed by atoms with Crippen molar-refractivity contribution < 1.29 is 14.9 Å². The van der Waals surface area contributed by atoms with Crippen molar-refractivity contribution in [3.8, 4) is 0 Å². The van der Waals surface area contributed by atoms with E-state index in [1.165, 1.54) is 32.7 Å². The van der Waals surface area contributed by atoms with E-state index in [9.17, 15) is 10.2 Å². The molecule has 3 heteroatoms. The van der Waals surface area contributed by atoms with Gasteiger partial charge >= 0.3 is 0 Å². The quantitative estimate of drug-likeness (QED) is 0.494. The molecule has 1 aliphatic carbocycles. The molecule has 0 bridgehead atoms. The lowest BCUT2D eigenvalue weighted by atomic mass is 9.82. The van der Waals surface area contributed by atoms with E-state index in [4.69, 9.17) is 4.74 Å². The maximum absolute atomic E-state index is 10.4. The van der Waals surface area contributed by atoms with E-state index in [2.05, 4.69) is 44.2 Å². The molecule has 2 aliphatic rings. The Balaban J connectivity index is 1.93. The predicted octanol–water partition coefficient (Wildman–Crippen LogP) is 3.46. The Morgan fingerprint density at radius 3 is 2.61 bits per heavy atom. The number of hydrogen-bond donors (Lipinski definition) is 2. The van der Waals surface area contributed by atoms with Crippen molar-refractivity contribution in [2.24, 2.45) is 0 Å². The van der Waals surface area contributed by atoms with Crippen LogP contribution in [0.1, 0.15) is 34.5 Å². The van der Waals surface area contributed by atoms with Crippen molar-refractivity contribution >= 4 is 21.5 Å². The summed E-state index contributed by atoms with van der Waals surface area (Å²) >= 11 is 0. The molecule has 3 nitrogen and oxygen atoms in total. The molecule has 1 fully saturated rings. The predicted molar refractivity (Wildman–Crippen MR) is 89.5 cm³/mol. The fraction of sp³-hybridized carbons (Fsp3) is 0.300. The highest BCUT2D eigenvalue weighted by molar-refractivity contribution is 6.10. The molecule has 0 amide bonds. The molecule has 116 valence electrons. The van der Waals surface area contributed by atoms with E-state index in [1.807, 2.05) is 6.07 Å². The van der Waals surface area contributed by atoms with Crippen LogP contribution >= 0.6 is 0 Å². The molecule has 1 saturated heterocycles. The Hall–Kier alpha value is -1.94. The largest absolute Gasteiger partial charge is 0.387 e. The lowest BCUT2D eigenvalue weighted by Gasteiger charge is -2.25. The van der Waals surface area contributed by atoms with Crippen LogP contribution in [0.25, 0.3) is 21.5 Å². The molecule has 0 spiro atoms. The Morgan fingerprint density at radius 1 is 0.957 bits per heavy atom. The van der Waals surface area contributed by atoms with Crippen LogP contribution in [-0.4, -0.2) is 22.4 Å². The zero-order chi connectivity index (χ0) is 15.9. The normalized spacial score (nSPS) is 28.7. The van der Waals surface area contributed by atoms with Crippen LogP contribution in [0, 0.1) is 13.8 Å². The second-order valence-corrected chi connectivity index (χ2v) is 6.87. The third-order valence-corrected chi connectivity index (χ3v) is 5.33. The number of aliphatic hydroxyl groups is 2. The lowest BCUT2D eigenvalue weighted by Crippen LogP contribution is -2.29. The molecule has 4 atom stereocenters. The molecule has 0 saturated carbocycles. The molecule has 0 aromatic heterocycles.